The predicted molar refractivity (Wildman–Crippen MR) is 120 cm³/mol. The maximum absolute atomic E-state index is 13.5. The molecule has 3 N–H and O–H groups in total. The fraction of sp³-hybridized carbons (Fsp3) is 0.292. The second kappa shape index (κ2) is 10.1. The van der Waals surface area contributed by atoms with Crippen LogP contribution in [0.15, 0.2) is 48.5 Å². The molecule has 1 amide bonds. The van der Waals surface area contributed by atoms with Crippen LogP contribution in [0.1, 0.15) is 33.5 Å². The van der Waals surface area contributed by atoms with E-state index in [9.17, 15) is 23.8 Å². The van der Waals surface area contributed by atoms with Gasteiger partial charge in [0, 0.05) is 32.7 Å². The summed E-state index contributed by atoms with van der Waals surface area (Å²) < 4.78 is 26.6. The number of amides is 1. The van der Waals surface area contributed by atoms with Crippen LogP contribution in [0.25, 0.3) is 0 Å². The molecule has 1 aliphatic heterocycles. The smallest absolute Gasteiger partial charge is 0.274 e. The molecule has 2 heterocycles. The fourth-order valence-corrected chi connectivity index (χ4v) is 3.89. The predicted octanol–water partition coefficient (Wildman–Crippen LogP) is 2.43. The van der Waals surface area contributed by atoms with Gasteiger partial charge in [0.2, 0.25) is 5.75 Å². The van der Waals surface area contributed by atoms with Crippen molar-refractivity contribution < 1.29 is 23.8 Å². The monoisotopic (exact) mass is 469 g/mol. The van der Waals surface area contributed by atoms with E-state index in [4.69, 9.17) is 0 Å². The van der Waals surface area contributed by atoms with E-state index < -0.39 is 40.9 Å². The summed E-state index contributed by atoms with van der Waals surface area (Å²) in [5.41, 5.74) is 0.801. The summed E-state index contributed by atoms with van der Waals surface area (Å²) in [5.74, 6) is -4.10. The summed E-state index contributed by atoms with van der Waals surface area (Å²) in [7, 11) is 2.03. The third-order valence-corrected chi connectivity index (χ3v) is 5.80. The molecule has 1 aromatic heterocycles. The highest BCUT2D eigenvalue weighted by atomic mass is 19.2. The fourth-order valence-electron chi connectivity index (χ4n) is 3.89. The van der Waals surface area contributed by atoms with Gasteiger partial charge in [0.25, 0.3) is 11.8 Å². The molecule has 1 aliphatic rings. The number of nitrogens with zero attached hydrogens (tertiary/aromatic N) is 4. The first-order valence-corrected chi connectivity index (χ1v) is 10.8. The maximum Gasteiger partial charge on any atom is 0.274 e. The molecule has 178 valence electrons. The Bertz CT molecular complexity index is 1170. The summed E-state index contributed by atoms with van der Waals surface area (Å²) >= 11 is 0. The Morgan fingerprint density at radius 2 is 1.74 bits per heavy atom. The number of aromatic nitrogens is 2. The lowest BCUT2D eigenvalue weighted by molar-refractivity contribution is 0.0938. The number of benzene rings is 2. The first-order valence-electron chi connectivity index (χ1n) is 10.8. The number of carbonyl (C=O) groups is 1. The van der Waals surface area contributed by atoms with E-state index in [0.29, 0.717) is 5.56 Å². The van der Waals surface area contributed by atoms with Gasteiger partial charge >= 0.3 is 0 Å². The summed E-state index contributed by atoms with van der Waals surface area (Å²) in [5, 5.41) is 23.1. The number of likely N-dealkylation sites (N-methyl/N-ethyl adjacent to an activating group) is 1. The van der Waals surface area contributed by atoms with Crippen molar-refractivity contribution in [1.29, 1.82) is 0 Å². The number of piperazine rings is 1. The van der Waals surface area contributed by atoms with Crippen LogP contribution >= 0.6 is 0 Å². The number of hydrogen-bond acceptors (Lipinski definition) is 7. The van der Waals surface area contributed by atoms with Crippen molar-refractivity contribution in [3.63, 3.8) is 0 Å². The standard InChI is InChI=1S/C24H25F2N5O3/c1-30-9-11-31(12-10-30)20(16-5-3-2-4-6-16)22-28-19(21(32)24(34)29-22)23(33)27-14-15-7-8-17(25)18(26)13-15/h2-8,13,20,32H,9-12,14H2,1H3,(H,27,33)(H,28,29,34). The van der Waals surface area contributed by atoms with Gasteiger partial charge in [0.05, 0.1) is 6.04 Å². The van der Waals surface area contributed by atoms with E-state index >= 15 is 0 Å². The molecule has 0 aliphatic carbocycles. The molecular weight excluding hydrogens is 444 g/mol. The Hall–Kier alpha value is -3.63. The Morgan fingerprint density at radius 1 is 1.03 bits per heavy atom. The molecule has 0 saturated carbocycles. The van der Waals surface area contributed by atoms with Gasteiger partial charge in [-0.25, -0.2) is 13.8 Å². The van der Waals surface area contributed by atoms with Crippen molar-refractivity contribution in [2.24, 2.45) is 0 Å². The van der Waals surface area contributed by atoms with Gasteiger partial charge in [-0.05, 0) is 30.3 Å². The zero-order valence-corrected chi connectivity index (χ0v) is 18.6. The minimum Gasteiger partial charge on any atom is -0.501 e. The SMILES string of the molecule is CN1CCN(C(c2ccccc2)c2nc(O)c(O)c(C(=O)NCc3ccc(F)c(F)c3)n2)CC1. The van der Waals surface area contributed by atoms with Gasteiger partial charge in [-0.15, -0.1) is 0 Å². The van der Waals surface area contributed by atoms with E-state index in [1.165, 1.54) is 6.07 Å². The van der Waals surface area contributed by atoms with Crippen LogP contribution < -0.4 is 5.32 Å². The lowest BCUT2D eigenvalue weighted by Gasteiger charge is -2.37. The number of aromatic hydroxyl groups is 2. The van der Waals surface area contributed by atoms with Crippen LogP contribution in [0.4, 0.5) is 8.78 Å². The minimum absolute atomic E-state index is 0.129. The molecule has 1 fully saturated rings. The van der Waals surface area contributed by atoms with Gasteiger partial charge < -0.3 is 20.4 Å². The van der Waals surface area contributed by atoms with Gasteiger partial charge in [-0.1, -0.05) is 36.4 Å². The highest BCUT2D eigenvalue weighted by molar-refractivity contribution is 5.95. The summed E-state index contributed by atoms with van der Waals surface area (Å²) in [6, 6.07) is 12.3. The molecule has 8 nitrogen and oxygen atoms in total. The van der Waals surface area contributed by atoms with E-state index in [-0.39, 0.29) is 12.4 Å². The normalized spacial score (nSPS) is 15.7. The topological polar surface area (TPSA) is 102 Å². The van der Waals surface area contributed by atoms with Crippen molar-refractivity contribution in [2.75, 3.05) is 33.2 Å². The Kier molecular flexibility index (Phi) is 6.99. The van der Waals surface area contributed by atoms with Crippen LogP contribution in [0, 0.1) is 11.6 Å². The van der Waals surface area contributed by atoms with Gasteiger partial charge in [0.1, 0.15) is 0 Å². The van der Waals surface area contributed by atoms with Gasteiger partial charge in [0.15, 0.2) is 23.2 Å². The van der Waals surface area contributed by atoms with Crippen molar-refractivity contribution in [1.82, 2.24) is 25.1 Å². The quantitative estimate of drug-likeness (QED) is 0.510. The number of rotatable bonds is 6. The molecule has 10 heteroatoms. The van der Waals surface area contributed by atoms with Gasteiger partial charge in [-0.2, -0.15) is 4.98 Å². The number of halogens is 2. The number of nitrogens with one attached hydrogen (secondary N) is 1. The van der Waals surface area contributed by atoms with E-state index in [1.54, 1.807) is 0 Å². The van der Waals surface area contributed by atoms with E-state index in [0.717, 1.165) is 43.9 Å². The molecule has 4 rings (SSSR count). The lowest BCUT2D eigenvalue weighted by atomic mass is 10.0. The van der Waals surface area contributed by atoms with Crippen LogP contribution in [0.2, 0.25) is 0 Å². The molecular formula is C24H25F2N5O3. The molecule has 0 radical (unpaired) electrons. The van der Waals surface area contributed by atoms with Crippen LogP contribution in [0.3, 0.4) is 0 Å². The minimum atomic E-state index is -1.03. The molecule has 34 heavy (non-hydrogen) atoms. The van der Waals surface area contributed by atoms with E-state index in [1.807, 2.05) is 37.4 Å². The molecule has 3 aromatic rings. The molecule has 1 atom stereocenters. The van der Waals surface area contributed by atoms with Gasteiger partial charge in [-0.3, -0.25) is 9.69 Å². The Morgan fingerprint density at radius 3 is 2.41 bits per heavy atom. The van der Waals surface area contributed by atoms with Crippen LogP contribution in [0.5, 0.6) is 11.6 Å². The maximum atomic E-state index is 13.5. The highest BCUT2D eigenvalue weighted by Crippen LogP contribution is 2.32. The first-order chi connectivity index (χ1) is 16.3. The third-order valence-electron chi connectivity index (χ3n) is 5.80. The Balaban J connectivity index is 1.64. The molecule has 1 unspecified atom stereocenters. The van der Waals surface area contributed by atoms with E-state index in [2.05, 4.69) is 25.1 Å². The Labute approximate surface area is 195 Å². The number of hydrogen-bond donors (Lipinski definition) is 3. The molecule has 0 spiro atoms. The zero-order valence-electron chi connectivity index (χ0n) is 18.6. The molecule has 0 bridgehead atoms. The summed E-state index contributed by atoms with van der Waals surface area (Å²) in [4.78, 5) is 25.6. The third kappa shape index (κ3) is 5.13. The van der Waals surface area contributed by atoms with Crippen molar-refractivity contribution >= 4 is 5.91 Å². The lowest BCUT2D eigenvalue weighted by Crippen LogP contribution is -2.46. The van der Waals surface area contributed by atoms with Crippen molar-refractivity contribution in [3.8, 4) is 11.6 Å². The zero-order chi connectivity index (χ0) is 24.2. The second-order valence-electron chi connectivity index (χ2n) is 8.19. The van der Waals surface area contributed by atoms with Crippen molar-refractivity contribution in [2.45, 2.75) is 12.6 Å². The number of carbonyl (C=O) groups excluding carboxylic acids is 1. The van der Waals surface area contributed by atoms with Crippen molar-refractivity contribution in [3.05, 3.63) is 82.8 Å². The summed E-state index contributed by atoms with van der Waals surface area (Å²) in [6.07, 6.45) is 0. The molecule has 1 saturated heterocycles. The highest BCUT2D eigenvalue weighted by Gasteiger charge is 2.30. The summed E-state index contributed by atoms with van der Waals surface area (Å²) in [6.45, 7) is 2.97. The second-order valence-corrected chi connectivity index (χ2v) is 8.19. The largest absolute Gasteiger partial charge is 0.501 e. The average molecular weight is 469 g/mol. The molecule has 2 aromatic carbocycles. The van der Waals surface area contributed by atoms with Crippen LogP contribution in [-0.2, 0) is 6.54 Å². The average Bonchev–Trinajstić information content (AvgIpc) is 2.84. The first kappa shape index (κ1) is 23.5. The van der Waals surface area contributed by atoms with Crippen LogP contribution in [-0.4, -0.2) is 69.1 Å².